The van der Waals surface area contributed by atoms with Gasteiger partial charge in [0.2, 0.25) is 0 Å². The maximum atomic E-state index is 3.19. The van der Waals surface area contributed by atoms with Crippen LogP contribution in [0.15, 0.2) is 30.3 Å². The summed E-state index contributed by atoms with van der Waals surface area (Å²) in [6.45, 7) is 2.26. The fourth-order valence-corrected chi connectivity index (χ4v) is 1.59. The van der Waals surface area contributed by atoms with E-state index >= 15 is 0 Å². The Morgan fingerprint density at radius 2 is 2.00 bits per heavy atom. The van der Waals surface area contributed by atoms with E-state index in [1.54, 1.807) is 0 Å². The first-order valence-electron chi connectivity index (χ1n) is 6.06. The quantitative estimate of drug-likeness (QED) is 0.553. The van der Waals surface area contributed by atoms with Gasteiger partial charge in [0.15, 0.2) is 0 Å². The van der Waals surface area contributed by atoms with E-state index in [2.05, 4.69) is 37.3 Å². The first kappa shape index (κ1) is 12.0. The fourth-order valence-electron chi connectivity index (χ4n) is 1.59. The van der Waals surface area contributed by atoms with Crippen LogP contribution in [0.1, 0.15) is 51.0 Å². The average molecular weight is 201 g/mol. The first-order chi connectivity index (χ1) is 7.43. The van der Waals surface area contributed by atoms with E-state index in [9.17, 15) is 0 Å². The lowest BCUT2D eigenvalue weighted by Crippen LogP contribution is -1.76. The van der Waals surface area contributed by atoms with Crippen LogP contribution in [0.2, 0.25) is 0 Å². The molecule has 0 aliphatic rings. The lowest BCUT2D eigenvalue weighted by atomic mass is 10.1. The third-order valence-electron chi connectivity index (χ3n) is 2.50. The van der Waals surface area contributed by atoms with Gasteiger partial charge in [-0.3, -0.25) is 0 Å². The third kappa shape index (κ3) is 6.11. The van der Waals surface area contributed by atoms with Crippen molar-refractivity contribution in [1.82, 2.24) is 0 Å². The normalized spacial score (nSPS) is 11.0. The van der Waals surface area contributed by atoms with Crippen LogP contribution < -0.4 is 0 Å². The summed E-state index contributed by atoms with van der Waals surface area (Å²) < 4.78 is 0. The maximum absolute atomic E-state index is 3.19. The zero-order valence-electron chi connectivity index (χ0n) is 9.71. The number of allylic oxidation sites excluding steroid dienone is 1. The Kier molecular flexibility index (Phi) is 6.64. The zero-order chi connectivity index (χ0) is 10.8. The van der Waals surface area contributed by atoms with Gasteiger partial charge in [0.05, 0.1) is 0 Å². The van der Waals surface area contributed by atoms with Crippen molar-refractivity contribution in [3.8, 4) is 0 Å². The van der Waals surface area contributed by atoms with Crippen LogP contribution >= 0.6 is 0 Å². The van der Waals surface area contributed by atoms with Crippen molar-refractivity contribution in [2.75, 3.05) is 0 Å². The predicted octanol–water partition coefficient (Wildman–Crippen LogP) is 4.86. The Morgan fingerprint density at radius 1 is 1.13 bits per heavy atom. The highest BCUT2D eigenvalue weighted by molar-refractivity contribution is 5.47. The summed E-state index contributed by atoms with van der Waals surface area (Å²) in [6, 6.07) is 11.3. The van der Waals surface area contributed by atoms with Gasteiger partial charge in [-0.15, -0.1) is 0 Å². The van der Waals surface area contributed by atoms with Gasteiger partial charge >= 0.3 is 0 Å². The molecule has 15 heavy (non-hydrogen) atoms. The Labute approximate surface area is 94.0 Å². The van der Waals surface area contributed by atoms with Gasteiger partial charge in [-0.05, 0) is 24.5 Å². The number of rotatable bonds is 7. The van der Waals surface area contributed by atoms with E-state index < -0.39 is 0 Å². The number of benzene rings is 1. The maximum Gasteiger partial charge on any atom is -0.0106 e. The molecule has 0 heterocycles. The summed E-state index contributed by atoms with van der Waals surface area (Å²) in [5.74, 6) is 0. The predicted molar refractivity (Wildman–Crippen MR) is 67.7 cm³/mol. The molecule has 0 saturated carbocycles. The Morgan fingerprint density at radius 3 is 2.73 bits per heavy atom. The molecule has 0 spiro atoms. The van der Waals surface area contributed by atoms with Gasteiger partial charge in [0.25, 0.3) is 0 Å². The third-order valence-corrected chi connectivity index (χ3v) is 2.50. The lowest BCUT2D eigenvalue weighted by molar-refractivity contribution is 0.638. The van der Waals surface area contributed by atoms with Crippen LogP contribution in [0.25, 0.3) is 6.08 Å². The molecule has 0 fully saturated rings. The molecule has 0 aromatic heterocycles. The Bertz CT molecular complexity index is 259. The smallest absolute Gasteiger partial charge is 0.0106 e. The molecule has 0 aliphatic carbocycles. The van der Waals surface area contributed by atoms with E-state index in [0.29, 0.717) is 0 Å². The second-order valence-electron chi connectivity index (χ2n) is 3.92. The monoisotopic (exact) mass is 201 g/mol. The van der Waals surface area contributed by atoms with E-state index in [1.807, 2.05) is 12.1 Å². The van der Waals surface area contributed by atoms with Gasteiger partial charge in [0.1, 0.15) is 0 Å². The van der Waals surface area contributed by atoms with E-state index in [0.717, 1.165) is 0 Å². The van der Waals surface area contributed by atoms with Crippen molar-refractivity contribution in [3.05, 3.63) is 42.0 Å². The second-order valence-corrected chi connectivity index (χ2v) is 3.92. The summed E-state index contributed by atoms with van der Waals surface area (Å²) in [6.07, 6.45) is 12.4. The van der Waals surface area contributed by atoms with E-state index in [4.69, 9.17) is 0 Å². The van der Waals surface area contributed by atoms with Crippen LogP contribution in [0.4, 0.5) is 0 Å². The Balaban J connectivity index is 2.07. The molecule has 81 valence electrons. The molecule has 0 bridgehead atoms. The van der Waals surface area contributed by atoms with Crippen molar-refractivity contribution in [3.63, 3.8) is 0 Å². The summed E-state index contributed by atoms with van der Waals surface area (Å²) in [5, 5.41) is 0. The van der Waals surface area contributed by atoms with Gasteiger partial charge in [-0.25, -0.2) is 0 Å². The molecule has 0 saturated heterocycles. The minimum Gasteiger partial charge on any atom is -0.0839 e. The number of unbranched alkanes of at least 4 members (excludes halogenated alkanes) is 5. The standard InChI is InChI=1S/C15H21/c1-2-3-4-5-6-7-9-12-15-13-10-8-11-14-15/h8-13H,2-7H2,1H3. The van der Waals surface area contributed by atoms with Crippen LogP contribution in [-0.2, 0) is 0 Å². The highest BCUT2D eigenvalue weighted by atomic mass is 13.9. The van der Waals surface area contributed by atoms with Crippen molar-refractivity contribution in [2.24, 2.45) is 0 Å². The van der Waals surface area contributed by atoms with Gasteiger partial charge in [-0.1, -0.05) is 69.0 Å². The molecule has 0 heteroatoms. The second kappa shape index (κ2) is 8.28. The molecule has 1 radical (unpaired) electrons. The molecule has 0 unspecified atom stereocenters. The van der Waals surface area contributed by atoms with Crippen LogP contribution in [-0.4, -0.2) is 0 Å². The van der Waals surface area contributed by atoms with Gasteiger partial charge in [-0.2, -0.15) is 0 Å². The largest absolute Gasteiger partial charge is 0.0839 e. The molecule has 0 nitrogen and oxygen atoms in total. The minimum atomic E-state index is 1.19. The molecule has 0 aliphatic heterocycles. The van der Waals surface area contributed by atoms with Crippen molar-refractivity contribution in [2.45, 2.75) is 45.4 Å². The summed E-state index contributed by atoms with van der Waals surface area (Å²) >= 11 is 0. The SMILES string of the molecule is CCCCCCCC=Cc1[c]cccc1. The molecule has 1 rings (SSSR count). The fraction of sp³-hybridized carbons (Fsp3) is 0.467. The van der Waals surface area contributed by atoms with Crippen LogP contribution in [0.3, 0.4) is 0 Å². The molecular formula is C15H21. The first-order valence-corrected chi connectivity index (χ1v) is 6.06. The van der Waals surface area contributed by atoms with Crippen molar-refractivity contribution in [1.29, 1.82) is 0 Å². The molecule has 1 aromatic rings. The molecule has 0 amide bonds. The molecule has 1 aromatic carbocycles. The summed E-state index contributed by atoms with van der Waals surface area (Å²) in [5.41, 5.74) is 1.19. The highest BCUT2D eigenvalue weighted by Gasteiger charge is 1.87. The van der Waals surface area contributed by atoms with Gasteiger partial charge in [0, 0.05) is 0 Å². The summed E-state index contributed by atoms with van der Waals surface area (Å²) in [7, 11) is 0. The Hall–Kier alpha value is -1.04. The van der Waals surface area contributed by atoms with E-state index in [1.165, 1.54) is 44.1 Å². The lowest BCUT2D eigenvalue weighted by Gasteiger charge is -1.96. The molecule has 0 atom stereocenters. The van der Waals surface area contributed by atoms with Crippen molar-refractivity contribution >= 4 is 6.08 Å². The van der Waals surface area contributed by atoms with Crippen LogP contribution in [0.5, 0.6) is 0 Å². The zero-order valence-corrected chi connectivity index (χ0v) is 9.71. The topological polar surface area (TPSA) is 0 Å². The summed E-state index contributed by atoms with van der Waals surface area (Å²) in [4.78, 5) is 0. The average Bonchev–Trinajstić information content (AvgIpc) is 2.29. The molecule has 0 N–H and O–H groups in total. The number of hydrogen-bond donors (Lipinski definition) is 0. The minimum absolute atomic E-state index is 1.19. The number of hydrogen-bond acceptors (Lipinski definition) is 0. The van der Waals surface area contributed by atoms with Crippen molar-refractivity contribution < 1.29 is 0 Å². The molecular weight excluding hydrogens is 180 g/mol. The van der Waals surface area contributed by atoms with Crippen LogP contribution in [0, 0.1) is 6.07 Å². The van der Waals surface area contributed by atoms with E-state index in [-0.39, 0.29) is 0 Å². The van der Waals surface area contributed by atoms with Gasteiger partial charge < -0.3 is 0 Å². The highest BCUT2D eigenvalue weighted by Crippen LogP contribution is 2.07.